The number of esters is 1. The molecule has 1 amide bonds. The maximum Gasteiger partial charge on any atom is 0.407 e. The molecule has 1 heterocycles. The van der Waals surface area contributed by atoms with Gasteiger partial charge < -0.3 is 14.8 Å². The highest BCUT2D eigenvalue weighted by Crippen LogP contribution is 2.30. The first-order chi connectivity index (χ1) is 15.5. The van der Waals surface area contributed by atoms with E-state index in [1.807, 2.05) is 13.8 Å². The molecule has 9 nitrogen and oxygen atoms in total. The highest BCUT2D eigenvalue weighted by atomic mass is 35.5. The molecule has 1 aromatic carbocycles. The van der Waals surface area contributed by atoms with Crippen molar-refractivity contribution >= 4 is 56.1 Å². The first kappa shape index (κ1) is 27.1. The Labute approximate surface area is 203 Å². The van der Waals surface area contributed by atoms with Crippen molar-refractivity contribution in [2.24, 2.45) is 0 Å². The number of halogens is 2. The van der Waals surface area contributed by atoms with Gasteiger partial charge in [-0.15, -0.1) is 0 Å². The van der Waals surface area contributed by atoms with E-state index in [1.54, 1.807) is 13.0 Å². The van der Waals surface area contributed by atoms with E-state index in [0.29, 0.717) is 28.2 Å². The maximum absolute atomic E-state index is 13.0. The number of carbonyl (C=O) groups is 2. The van der Waals surface area contributed by atoms with Crippen LogP contribution in [0.1, 0.15) is 51.6 Å². The fourth-order valence-electron chi connectivity index (χ4n) is 2.86. The predicted molar refractivity (Wildman–Crippen MR) is 126 cm³/mol. The van der Waals surface area contributed by atoms with Crippen LogP contribution in [0.3, 0.4) is 0 Å². The molecular formula is C21H27Cl2N3O6S. The number of unbranched alkanes of at least 4 members (excludes halogenated alkanes) is 1. The van der Waals surface area contributed by atoms with Gasteiger partial charge in [-0.3, -0.25) is 4.79 Å². The summed E-state index contributed by atoms with van der Waals surface area (Å²) in [5, 5.41) is 2.92. The lowest BCUT2D eigenvalue weighted by Crippen LogP contribution is -2.27. The SMILES string of the molecule is CCOC(=O)CCNC(=O)OCCCCS(=O)(=O)c1nc2cc(Cl)c(Cl)cc2nc1C(C)C. The first-order valence-electron chi connectivity index (χ1n) is 10.5. The Morgan fingerprint density at radius 3 is 2.30 bits per heavy atom. The van der Waals surface area contributed by atoms with Gasteiger partial charge in [0.05, 0.1) is 52.2 Å². The van der Waals surface area contributed by atoms with E-state index in [9.17, 15) is 18.0 Å². The predicted octanol–water partition coefficient (Wildman–Crippen LogP) is 4.29. The van der Waals surface area contributed by atoms with Crippen LogP contribution in [0.2, 0.25) is 10.0 Å². The van der Waals surface area contributed by atoms with Crippen LogP contribution in [-0.2, 0) is 24.1 Å². The number of aromatic nitrogens is 2. The van der Waals surface area contributed by atoms with E-state index in [4.69, 9.17) is 32.7 Å². The Kier molecular flexibility index (Phi) is 10.1. The Morgan fingerprint density at radius 2 is 1.70 bits per heavy atom. The number of hydrogen-bond donors (Lipinski definition) is 1. The molecule has 0 bridgehead atoms. The van der Waals surface area contributed by atoms with Crippen LogP contribution in [0, 0.1) is 0 Å². The number of fused-ring (bicyclic) bond motifs is 1. The molecular weight excluding hydrogens is 493 g/mol. The normalized spacial score (nSPS) is 11.6. The van der Waals surface area contributed by atoms with Gasteiger partial charge in [0.25, 0.3) is 0 Å². The summed E-state index contributed by atoms with van der Waals surface area (Å²) in [7, 11) is -3.74. The van der Waals surface area contributed by atoms with E-state index in [-0.39, 0.29) is 54.3 Å². The molecule has 12 heteroatoms. The van der Waals surface area contributed by atoms with Gasteiger partial charge in [0.15, 0.2) is 14.9 Å². The summed E-state index contributed by atoms with van der Waals surface area (Å²) in [5.41, 5.74) is 1.17. The van der Waals surface area contributed by atoms with E-state index in [1.165, 1.54) is 6.07 Å². The third kappa shape index (κ3) is 7.97. The van der Waals surface area contributed by atoms with Gasteiger partial charge in [0, 0.05) is 6.54 Å². The van der Waals surface area contributed by atoms with Crippen LogP contribution >= 0.6 is 23.2 Å². The Morgan fingerprint density at radius 1 is 1.06 bits per heavy atom. The van der Waals surface area contributed by atoms with Crippen molar-refractivity contribution in [3.63, 3.8) is 0 Å². The van der Waals surface area contributed by atoms with Crippen molar-refractivity contribution in [2.75, 3.05) is 25.5 Å². The zero-order valence-electron chi connectivity index (χ0n) is 18.7. The van der Waals surface area contributed by atoms with Crippen LogP contribution in [0.5, 0.6) is 0 Å². The Balaban J connectivity index is 1.93. The summed E-state index contributed by atoms with van der Waals surface area (Å²) in [5.74, 6) is -0.768. The minimum Gasteiger partial charge on any atom is -0.466 e. The number of benzene rings is 1. The summed E-state index contributed by atoms with van der Waals surface area (Å²) in [6.07, 6.45) is -0.0369. The highest BCUT2D eigenvalue weighted by molar-refractivity contribution is 7.91. The molecule has 0 radical (unpaired) electrons. The lowest BCUT2D eigenvalue weighted by atomic mass is 10.1. The molecule has 0 saturated carbocycles. The van der Waals surface area contributed by atoms with Crippen LogP contribution in [0.15, 0.2) is 17.2 Å². The monoisotopic (exact) mass is 519 g/mol. The lowest BCUT2D eigenvalue weighted by Gasteiger charge is -2.13. The third-order valence-corrected chi connectivity index (χ3v) is 6.92. The fourth-order valence-corrected chi connectivity index (χ4v) is 4.79. The van der Waals surface area contributed by atoms with E-state index in [0.717, 1.165) is 0 Å². The number of alkyl carbamates (subject to hydrolysis) is 1. The molecule has 0 aliphatic carbocycles. The van der Waals surface area contributed by atoms with Crippen LogP contribution < -0.4 is 5.32 Å². The molecule has 33 heavy (non-hydrogen) atoms. The molecule has 1 N–H and O–H groups in total. The van der Waals surface area contributed by atoms with E-state index < -0.39 is 21.9 Å². The molecule has 2 rings (SSSR count). The maximum atomic E-state index is 13.0. The minimum atomic E-state index is -3.74. The summed E-state index contributed by atoms with van der Waals surface area (Å²) in [6, 6.07) is 3.05. The summed E-state index contributed by atoms with van der Waals surface area (Å²) < 4.78 is 35.7. The van der Waals surface area contributed by atoms with Crippen molar-refractivity contribution in [1.82, 2.24) is 15.3 Å². The number of nitrogens with zero attached hydrogens (tertiary/aromatic N) is 2. The summed E-state index contributed by atoms with van der Waals surface area (Å²) in [6.45, 7) is 5.77. The van der Waals surface area contributed by atoms with Crippen molar-refractivity contribution < 1.29 is 27.5 Å². The zero-order chi connectivity index (χ0) is 24.6. The fraction of sp³-hybridized carbons (Fsp3) is 0.524. The van der Waals surface area contributed by atoms with Gasteiger partial charge in [0.1, 0.15) is 0 Å². The molecule has 0 atom stereocenters. The van der Waals surface area contributed by atoms with Gasteiger partial charge in [0.2, 0.25) is 0 Å². The second-order valence-electron chi connectivity index (χ2n) is 7.47. The number of ether oxygens (including phenoxy) is 2. The average Bonchev–Trinajstić information content (AvgIpc) is 2.73. The first-order valence-corrected chi connectivity index (χ1v) is 12.9. The Bertz CT molecular complexity index is 1110. The lowest BCUT2D eigenvalue weighted by molar-refractivity contribution is -0.142. The molecule has 0 unspecified atom stereocenters. The summed E-state index contributed by atoms with van der Waals surface area (Å²) in [4.78, 5) is 31.6. The smallest absolute Gasteiger partial charge is 0.407 e. The molecule has 0 saturated heterocycles. The molecule has 0 spiro atoms. The molecule has 0 fully saturated rings. The van der Waals surface area contributed by atoms with Crippen molar-refractivity contribution in [2.45, 2.75) is 51.0 Å². The standard InChI is InChI=1S/C21H27Cl2N3O6S/c1-4-31-18(27)7-8-24-21(28)32-9-5-6-10-33(29,30)20-19(13(2)3)25-16-11-14(22)15(23)12-17(16)26-20/h11-13H,4-10H2,1-3H3,(H,24,28). The Hall–Kier alpha value is -2.17. The summed E-state index contributed by atoms with van der Waals surface area (Å²) >= 11 is 12.1. The molecule has 1 aromatic heterocycles. The van der Waals surface area contributed by atoms with Crippen LogP contribution in [0.4, 0.5) is 4.79 Å². The highest BCUT2D eigenvalue weighted by Gasteiger charge is 2.24. The second-order valence-corrected chi connectivity index (χ2v) is 10.3. The molecule has 182 valence electrons. The van der Waals surface area contributed by atoms with Crippen LogP contribution in [-0.4, -0.2) is 56.0 Å². The number of hydrogen-bond acceptors (Lipinski definition) is 8. The topological polar surface area (TPSA) is 125 Å². The number of sulfone groups is 1. The average molecular weight is 520 g/mol. The van der Waals surface area contributed by atoms with Gasteiger partial charge in [-0.05, 0) is 37.8 Å². The second kappa shape index (κ2) is 12.3. The van der Waals surface area contributed by atoms with Gasteiger partial charge in [-0.1, -0.05) is 37.0 Å². The van der Waals surface area contributed by atoms with E-state index >= 15 is 0 Å². The largest absolute Gasteiger partial charge is 0.466 e. The molecule has 0 aliphatic rings. The van der Waals surface area contributed by atoms with Crippen molar-refractivity contribution in [1.29, 1.82) is 0 Å². The van der Waals surface area contributed by atoms with Gasteiger partial charge in [-0.25, -0.2) is 23.2 Å². The minimum absolute atomic E-state index is 0.0370. The van der Waals surface area contributed by atoms with Gasteiger partial charge >= 0.3 is 12.1 Å². The van der Waals surface area contributed by atoms with Crippen LogP contribution in [0.25, 0.3) is 11.0 Å². The number of carbonyl (C=O) groups excluding carboxylic acids is 2. The molecule has 0 aliphatic heterocycles. The number of rotatable bonds is 11. The van der Waals surface area contributed by atoms with Crippen molar-refractivity contribution in [3.05, 3.63) is 27.9 Å². The van der Waals surface area contributed by atoms with Gasteiger partial charge in [-0.2, -0.15) is 0 Å². The zero-order valence-corrected chi connectivity index (χ0v) is 21.0. The van der Waals surface area contributed by atoms with Crippen molar-refractivity contribution in [3.8, 4) is 0 Å². The molecule has 2 aromatic rings. The third-order valence-electron chi connectivity index (χ3n) is 4.49. The number of amides is 1. The number of nitrogens with one attached hydrogen (secondary N) is 1. The quantitative estimate of drug-likeness (QED) is 0.344. The van der Waals surface area contributed by atoms with E-state index in [2.05, 4.69) is 15.3 Å².